The predicted octanol–water partition coefficient (Wildman–Crippen LogP) is 2.48. The van der Waals surface area contributed by atoms with Crippen LogP contribution in [0, 0.1) is 17.2 Å². The van der Waals surface area contributed by atoms with Crippen LogP contribution in [0.5, 0.6) is 0 Å². The van der Waals surface area contributed by atoms with Crippen LogP contribution in [-0.4, -0.2) is 17.6 Å². The quantitative estimate of drug-likeness (QED) is 0.786. The van der Waals surface area contributed by atoms with Gasteiger partial charge in [-0.3, -0.25) is 9.78 Å². The molecule has 2 rings (SSSR count). The third-order valence-corrected chi connectivity index (χ3v) is 2.87. The van der Waals surface area contributed by atoms with Gasteiger partial charge in [0.05, 0.1) is 18.2 Å². The molecule has 0 aliphatic heterocycles. The average Bonchev–Trinajstić information content (AvgIpc) is 2.45. The molecule has 0 amide bonds. The van der Waals surface area contributed by atoms with Crippen LogP contribution in [0.3, 0.4) is 0 Å². The molecule has 19 heavy (non-hydrogen) atoms. The molecule has 2 aromatic rings. The Labute approximate surface area is 111 Å². The molecule has 0 aliphatic rings. The highest BCUT2D eigenvalue weighted by Gasteiger charge is 2.20. The van der Waals surface area contributed by atoms with Crippen LogP contribution in [0.15, 0.2) is 36.5 Å². The van der Waals surface area contributed by atoms with Crippen molar-refractivity contribution in [2.75, 3.05) is 6.61 Å². The zero-order valence-corrected chi connectivity index (χ0v) is 10.7. The maximum Gasteiger partial charge on any atom is 0.323 e. The molecular weight excluding hydrogens is 240 g/mol. The van der Waals surface area contributed by atoms with E-state index in [4.69, 9.17) is 10.00 Å². The van der Waals surface area contributed by atoms with Crippen LogP contribution < -0.4 is 0 Å². The first kappa shape index (κ1) is 13.0. The molecule has 1 aromatic carbocycles. The summed E-state index contributed by atoms with van der Waals surface area (Å²) in [6.45, 7) is 2.01. The Bertz CT molecular complexity index is 626. The predicted molar refractivity (Wildman–Crippen MR) is 71.2 cm³/mol. The first-order valence-electron chi connectivity index (χ1n) is 6.15. The first-order valence-corrected chi connectivity index (χ1v) is 6.15. The smallest absolute Gasteiger partial charge is 0.323 e. The highest BCUT2D eigenvalue weighted by Crippen LogP contribution is 2.19. The molecule has 1 atom stereocenters. The molecule has 0 saturated carbocycles. The maximum absolute atomic E-state index is 11.6. The number of para-hydroxylation sites is 1. The van der Waals surface area contributed by atoms with Gasteiger partial charge in [-0.2, -0.15) is 5.26 Å². The SMILES string of the molecule is CCOC(=O)C(C#N)Cc1cccc2cccnc12. The van der Waals surface area contributed by atoms with Crippen LogP contribution in [0.25, 0.3) is 10.9 Å². The van der Waals surface area contributed by atoms with Crippen molar-refractivity contribution in [3.63, 3.8) is 0 Å². The Kier molecular flexibility index (Phi) is 4.09. The Morgan fingerprint density at radius 1 is 1.42 bits per heavy atom. The average molecular weight is 254 g/mol. The Morgan fingerprint density at radius 2 is 2.21 bits per heavy atom. The van der Waals surface area contributed by atoms with Gasteiger partial charge in [0.1, 0.15) is 5.92 Å². The fraction of sp³-hybridized carbons (Fsp3) is 0.267. The third kappa shape index (κ3) is 2.89. The standard InChI is InChI=1S/C15H14N2O2/c1-2-19-15(18)13(10-16)9-12-6-3-5-11-7-4-8-17-14(11)12/h3-8,13H,2,9H2,1H3. The molecule has 1 unspecified atom stereocenters. The normalized spacial score (nSPS) is 11.8. The monoisotopic (exact) mass is 254 g/mol. The van der Waals surface area contributed by atoms with Gasteiger partial charge in [-0.1, -0.05) is 24.3 Å². The number of carbonyl (C=O) groups excluding carboxylic acids is 1. The van der Waals surface area contributed by atoms with Crippen LogP contribution in [0.2, 0.25) is 0 Å². The van der Waals surface area contributed by atoms with Crippen molar-refractivity contribution < 1.29 is 9.53 Å². The third-order valence-electron chi connectivity index (χ3n) is 2.87. The van der Waals surface area contributed by atoms with Gasteiger partial charge in [-0.25, -0.2) is 0 Å². The first-order chi connectivity index (χ1) is 9.26. The Hall–Kier alpha value is -2.41. The highest BCUT2D eigenvalue weighted by molar-refractivity contribution is 5.83. The number of hydrogen-bond acceptors (Lipinski definition) is 4. The van der Waals surface area contributed by atoms with Crippen LogP contribution in [-0.2, 0) is 16.0 Å². The molecule has 0 radical (unpaired) electrons. The molecule has 0 aliphatic carbocycles. The van der Waals surface area contributed by atoms with Gasteiger partial charge in [0.25, 0.3) is 0 Å². The minimum Gasteiger partial charge on any atom is -0.465 e. The van der Waals surface area contributed by atoms with E-state index in [1.165, 1.54) is 0 Å². The molecule has 0 saturated heterocycles. The Morgan fingerprint density at radius 3 is 2.95 bits per heavy atom. The van der Waals surface area contributed by atoms with Crippen LogP contribution in [0.1, 0.15) is 12.5 Å². The van der Waals surface area contributed by atoms with E-state index in [-0.39, 0.29) is 6.61 Å². The summed E-state index contributed by atoms with van der Waals surface area (Å²) in [7, 11) is 0. The van der Waals surface area contributed by atoms with Crippen molar-refractivity contribution in [2.24, 2.45) is 5.92 Å². The van der Waals surface area contributed by atoms with Gasteiger partial charge in [-0.05, 0) is 18.6 Å². The lowest BCUT2D eigenvalue weighted by atomic mass is 9.98. The minimum absolute atomic E-state index is 0.283. The van der Waals surface area contributed by atoms with Crippen molar-refractivity contribution in [2.45, 2.75) is 13.3 Å². The lowest BCUT2D eigenvalue weighted by molar-refractivity contribution is -0.145. The number of pyridine rings is 1. The number of ether oxygens (including phenoxy) is 1. The van der Waals surface area contributed by atoms with Crippen molar-refractivity contribution in [3.8, 4) is 6.07 Å². The van der Waals surface area contributed by atoms with Gasteiger partial charge in [0.2, 0.25) is 0 Å². The number of aromatic nitrogens is 1. The van der Waals surface area contributed by atoms with Gasteiger partial charge < -0.3 is 4.74 Å². The van der Waals surface area contributed by atoms with Crippen molar-refractivity contribution in [1.29, 1.82) is 5.26 Å². The number of carbonyl (C=O) groups is 1. The zero-order valence-electron chi connectivity index (χ0n) is 10.7. The number of benzene rings is 1. The highest BCUT2D eigenvalue weighted by atomic mass is 16.5. The molecular formula is C15H14N2O2. The van der Waals surface area contributed by atoms with E-state index in [1.54, 1.807) is 13.1 Å². The summed E-state index contributed by atoms with van der Waals surface area (Å²) in [4.78, 5) is 16.0. The van der Waals surface area contributed by atoms with Gasteiger partial charge >= 0.3 is 5.97 Å². The van der Waals surface area contributed by atoms with E-state index in [0.717, 1.165) is 16.5 Å². The number of hydrogen-bond donors (Lipinski definition) is 0. The summed E-state index contributed by atoms with van der Waals surface area (Å²) in [5, 5.41) is 10.1. The number of fused-ring (bicyclic) bond motifs is 1. The maximum atomic E-state index is 11.6. The van der Waals surface area contributed by atoms with E-state index < -0.39 is 11.9 Å². The van der Waals surface area contributed by atoms with Gasteiger partial charge in [0, 0.05) is 18.0 Å². The summed E-state index contributed by atoms with van der Waals surface area (Å²) < 4.78 is 4.90. The molecule has 1 aromatic heterocycles. The van der Waals surface area contributed by atoms with E-state index >= 15 is 0 Å². The second-order valence-corrected chi connectivity index (χ2v) is 4.13. The van der Waals surface area contributed by atoms with E-state index in [2.05, 4.69) is 4.98 Å². The Balaban J connectivity index is 2.30. The number of nitriles is 1. The van der Waals surface area contributed by atoms with E-state index in [0.29, 0.717) is 6.42 Å². The lowest BCUT2D eigenvalue weighted by Gasteiger charge is -2.10. The van der Waals surface area contributed by atoms with E-state index in [1.807, 2.05) is 36.4 Å². The minimum atomic E-state index is -0.785. The van der Waals surface area contributed by atoms with E-state index in [9.17, 15) is 4.79 Å². The lowest BCUT2D eigenvalue weighted by Crippen LogP contribution is -2.18. The fourth-order valence-electron chi connectivity index (χ4n) is 1.98. The molecule has 0 fully saturated rings. The molecule has 4 nitrogen and oxygen atoms in total. The van der Waals surface area contributed by atoms with Gasteiger partial charge in [0.15, 0.2) is 0 Å². The number of nitrogens with zero attached hydrogens (tertiary/aromatic N) is 2. The second-order valence-electron chi connectivity index (χ2n) is 4.13. The van der Waals surface area contributed by atoms with Crippen molar-refractivity contribution in [3.05, 3.63) is 42.1 Å². The fourth-order valence-corrected chi connectivity index (χ4v) is 1.98. The van der Waals surface area contributed by atoms with Crippen LogP contribution in [0.4, 0.5) is 0 Å². The number of esters is 1. The summed E-state index contributed by atoms with van der Waals surface area (Å²) >= 11 is 0. The molecule has 1 heterocycles. The largest absolute Gasteiger partial charge is 0.465 e. The van der Waals surface area contributed by atoms with Crippen LogP contribution >= 0.6 is 0 Å². The number of rotatable bonds is 4. The molecule has 0 spiro atoms. The summed E-state index contributed by atoms with van der Waals surface area (Å²) in [6.07, 6.45) is 2.03. The molecule has 96 valence electrons. The summed E-state index contributed by atoms with van der Waals surface area (Å²) in [5.74, 6) is -1.26. The molecule has 0 N–H and O–H groups in total. The summed E-state index contributed by atoms with van der Waals surface area (Å²) in [6, 6.07) is 11.6. The summed E-state index contributed by atoms with van der Waals surface area (Å²) in [5.41, 5.74) is 1.72. The molecule has 4 heteroatoms. The molecule has 0 bridgehead atoms. The topological polar surface area (TPSA) is 63.0 Å². The van der Waals surface area contributed by atoms with Gasteiger partial charge in [-0.15, -0.1) is 0 Å². The zero-order chi connectivity index (χ0) is 13.7. The van der Waals surface area contributed by atoms with Crippen molar-refractivity contribution in [1.82, 2.24) is 4.98 Å². The van der Waals surface area contributed by atoms with Crippen molar-refractivity contribution >= 4 is 16.9 Å². The second kappa shape index (κ2) is 5.96.